The summed E-state index contributed by atoms with van der Waals surface area (Å²) in [6.07, 6.45) is 2.81. The monoisotopic (exact) mass is 283 g/mol. The van der Waals surface area contributed by atoms with E-state index in [0.29, 0.717) is 12.6 Å². The standard InChI is InChI=1S/C15H29N3O2/c1-5-7-16-15(19)13(3)18-9-8-17(10-11-20-4)14(6-2)12-18/h5,13-14H,1,6-12H2,2-4H3,(H,16,19)/t13-,14-/m1/s1. The van der Waals surface area contributed by atoms with Gasteiger partial charge in [-0.3, -0.25) is 14.6 Å². The number of carbonyl (C=O) groups excluding carboxylic acids is 1. The molecule has 1 aliphatic rings. The second-order valence-corrected chi connectivity index (χ2v) is 5.30. The van der Waals surface area contributed by atoms with Crippen LogP contribution in [0.5, 0.6) is 0 Å². The average molecular weight is 283 g/mol. The summed E-state index contributed by atoms with van der Waals surface area (Å²) in [7, 11) is 1.74. The molecule has 116 valence electrons. The van der Waals surface area contributed by atoms with Crippen LogP contribution in [0.15, 0.2) is 12.7 Å². The lowest BCUT2D eigenvalue weighted by molar-refractivity contribution is -0.127. The SMILES string of the molecule is C=CCNC(=O)[C@@H](C)N1CCN(CCOC)[C@H](CC)C1. The van der Waals surface area contributed by atoms with E-state index in [1.807, 2.05) is 6.92 Å². The van der Waals surface area contributed by atoms with Gasteiger partial charge in [0, 0.05) is 45.9 Å². The topological polar surface area (TPSA) is 44.8 Å². The minimum absolute atomic E-state index is 0.0754. The van der Waals surface area contributed by atoms with Crippen molar-refractivity contribution in [3.63, 3.8) is 0 Å². The summed E-state index contributed by atoms with van der Waals surface area (Å²) in [4.78, 5) is 16.8. The van der Waals surface area contributed by atoms with Gasteiger partial charge in [0.15, 0.2) is 0 Å². The van der Waals surface area contributed by atoms with Crippen molar-refractivity contribution in [2.75, 3.05) is 46.4 Å². The Bertz CT molecular complexity index is 309. The van der Waals surface area contributed by atoms with Gasteiger partial charge < -0.3 is 10.1 Å². The highest BCUT2D eigenvalue weighted by Crippen LogP contribution is 2.15. The number of amides is 1. The van der Waals surface area contributed by atoms with E-state index >= 15 is 0 Å². The van der Waals surface area contributed by atoms with E-state index < -0.39 is 0 Å². The van der Waals surface area contributed by atoms with Crippen LogP contribution in [0, 0.1) is 0 Å². The third-order valence-electron chi connectivity index (χ3n) is 4.04. The van der Waals surface area contributed by atoms with Crippen LogP contribution in [-0.2, 0) is 9.53 Å². The number of carbonyl (C=O) groups is 1. The Morgan fingerprint density at radius 1 is 1.55 bits per heavy atom. The molecule has 1 amide bonds. The van der Waals surface area contributed by atoms with E-state index in [9.17, 15) is 4.79 Å². The maximum Gasteiger partial charge on any atom is 0.237 e. The summed E-state index contributed by atoms with van der Waals surface area (Å²) < 4.78 is 5.17. The molecule has 0 aromatic carbocycles. The number of nitrogens with one attached hydrogen (secondary N) is 1. The molecular formula is C15H29N3O2. The van der Waals surface area contributed by atoms with Crippen LogP contribution in [0.1, 0.15) is 20.3 Å². The molecule has 0 spiro atoms. The molecule has 0 radical (unpaired) electrons. The van der Waals surface area contributed by atoms with Crippen LogP contribution < -0.4 is 5.32 Å². The van der Waals surface area contributed by atoms with Crippen molar-refractivity contribution in [1.29, 1.82) is 0 Å². The molecule has 1 saturated heterocycles. The van der Waals surface area contributed by atoms with E-state index in [2.05, 4.69) is 28.6 Å². The zero-order valence-corrected chi connectivity index (χ0v) is 13.1. The third kappa shape index (κ3) is 4.89. The number of piperazine rings is 1. The van der Waals surface area contributed by atoms with Crippen molar-refractivity contribution in [2.45, 2.75) is 32.4 Å². The number of ether oxygens (including phenoxy) is 1. The van der Waals surface area contributed by atoms with Gasteiger partial charge in [-0.2, -0.15) is 0 Å². The van der Waals surface area contributed by atoms with E-state index in [0.717, 1.165) is 39.2 Å². The van der Waals surface area contributed by atoms with Crippen LogP contribution in [-0.4, -0.2) is 74.2 Å². The largest absolute Gasteiger partial charge is 0.383 e. The maximum absolute atomic E-state index is 12.0. The highest BCUT2D eigenvalue weighted by molar-refractivity contribution is 5.81. The van der Waals surface area contributed by atoms with Crippen LogP contribution in [0.4, 0.5) is 0 Å². The molecule has 5 nitrogen and oxygen atoms in total. The molecule has 5 heteroatoms. The minimum Gasteiger partial charge on any atom is -0.383 e. The van der Waals surface area contributed by atoms with Crippen LogP contribution in [0.2, 0.25) is 0 Å². The fourth-order valence-electron chi connectivity index (χ4n) is 2.65. The van der Waals surface area contributed by atoms with E-state index in [1.54, 1.807) is 13.2 Å². The first kappa shape index (κ1) is 17.1. The van der Waals surface area contributed by atoms with Gasteiger partial charge in [0.2, 0.25) is 5.91 Å². The Hall–Kier alpha value is -0.910. The van der Waals surface area contributed by atoms with E-state index in [4.69, 9.17) is 4.74 Å². The maximum atomic E-state index is 12.0. The second kappa shape index (κ2) is 9.10. The van der Waals surface area contributed by atoms with Crippen LogP contribution in [0.3, 0.4) is 0 Å². The van der Waals surface area contributed by atoms with Gasteiger partial charge in [0.05, 0.1) is 12.6 Å². The number of hydrogen-bond donors (Lipinski definition) is 1. The summed E-state index contributed by atoms with van der Waals surface area (Å²) >= 11 is 0. The highest BCUT2D eigenvalue weighted by atomic mass is 16.5. The predicted octanol–water partition coefficient (Wildman–Crippen LogP) is 0.720. The number of hydrogen-bond acceptors (Lipinski definition) is 4. The quantitative estimate of drug-likeness (QED) is 0.667. The van der Waals surface area contributed by atoms with Gasteiger partial charge in [0.25, 0.3) is 0 Å². The van der Waals surface area contributed by atoms with Crippen molar-refractivity contribution < 1.29 is 9.53 Å². The zero-order chi connectivity index (χ0) is 15.0. The van der Waals surface area contributed by atoms with Gasteiger partial charge in [-0.05, 0) is 13.3 Å². The number of rotatable bonds is 8. The fraction of sp³-hybridized carbons (Fsp3) is 0.800. The van der Waals surface area contributed by atoms with Gasteiger partial charge in [0.1, 0.15) is 0 Å². The third-order valence-corrected chi connectivity index (χ3v) is 4.04. The second-order valence-electron chi connectivity index (χ2n) is 5.30. The predicted molar refractivity (Wildman–Crippen MR) is 81.8 cm³/mol. The van der Waals surface area contributed by atoms with Crippen molar-refractivity contribution >= 4 is 5.91 Å². The Labute approximate surface area is 122 Å². The first-order valence-electron chi connectivity index (χ1n) is 7.49. The van der Waals surface area contributed by atoms with E-state index in [1.165, 1.54) is 0 Å². The Kier molecular flexibility index (Phi) is 7.80. The molecule has 20 heavy (non-hydrogen) atoms. The van der Waals surface area contributed by atoms with Crippen LogP contribution in [0.25, 0.3) is 0 Å². The lowest BCUT2D eigenvalue weighted by atomic mass is 10.1. The smallest absolute Gasteiger partial charge is 0.237 e. The molecule has 0 bridgehead atoms. The molecular weight excluding hydrogens is 254 g/mol. The Morgan fingerprint density at radius 3 is 2.90 bits per heavy atom. The summed E-state index contributed by atoms with van der Waals surface area (Å²) in [5.41, 5.74) is 0. The summed E-state index contributed by atoms with van der Waals surface area (Å²) in [5, 5.41) is 2.88. The van der Waals surface area contributed by atoms with Crippen molar-refractivity contribution in [2.24, 2.45) is 0 Å². The van der Waals surface area contributed by atoms with Gasteiger partial charge in [-0.15, -0.1) is 6.58 Å². The summed E-state index contributed by atoms with van der Waals surface area (Å²) in [5.74, 6) is 0.0881. The Balaban J connectivity index is 2.50. The highest BCUT2D eigenvalue weighted by Gasteiger charge is 2.30. The van der Waals surface area contributed by atoms with Gasteiger partial charge >= 0.3 is 0 Å². The first-order chi connectivity index (χ1) is 9.63. The fourth-order valence-corrected chi connectivity index (χ4v) is 2.65. The van der Waals surface area contributed by atoms with E-state index in [-0.39, 0.29) is 11.9 Å². The minimum atomic E-state index is -0.0754. The first-order valence-corrected chi connectivity index (χ1v) is 7.49. The molecule has 0 saturated carbocycles. The molecule has 1 aliphatic heterocycles. The van der Waals surface area contributed by atoms with Crippen molar-refractivity contribution in [1.82, 2.24) is 15.1 Å². The zero-order valence-electron chi connectivity index (χ0n) is 13.1. The molecule has 1 heterocycles. The lowest BCUT2D eigenvalue weighted by Crippen LogP contribution is -2.58. The van der Waals surface area contributed by atoms with Crippen LogP contribution >= 0.6 is 0 Å². The molecule has 0 unspecified atom stereocenters. The van der Waals surface area contributed by atoms with Crippen molar-refractivity contribution in [3.05, 3.63) is 12.7 Å². The summed E-state index contributed by atoms with van der Waals surface area (Å²) in [6, 6.07) is 0.433. The molecule has 0 aliphatic carbocycles. The normalized spacial score (nSPS) is 22.4. The summed E-state index contributed by atoms with van der Waals surface area (Å²) in [6.45, 7) is 13.0. The molecule has 0 aromatic heterocycles. The molecule has 1 N–H and O–H groups in total. The van der Waals surface area contributed by atoms with Gasteiger partial charge in [-0.25, -0.2) is 0 Å². The van der Waals surface area contributed by atoms with Crippen molar-refractivity contribution in [3.8, 4) is 0 Å². The number of nitrogens with zero attached hydrogens (tertiary/aromatic N) is 2. The molecule has 2 atom stereocenters. The molecule has 1 rings (SSSR count). The average Bonchev–Trinajstić information content (AvgIpc) is 2.49. The van der Waals surface area contributed by atoms with Gasteiger partial charge in [-0.1, -0.05) is 13.0 Å². The Morgan fingerprint density at radius 2 is 2.30 bits per heavy atom. The number of methoxy groups -OCH3 is 1. The molecule has 0 aromatic rings. The lowest BCUT2D eigenvalue weighted by Gasteiger charge is -2.43. The molecule has 1 fully saturated rings.